The van der Waals surface area contributed by atoms with Gasteiger partial charge < -0.3 is 5.11 Å². The van der Waals surface area contributed by atoms with E-state index in [1.807, 2.05) is 0 Å². The first kappa shape index (κ1) is 13.9. The second-order valence-electron chi connectivity index (χ2n) is 4.07. The molecule has 0 aromatic heterocycles. The first-order valence-electron chi connectivity index (χ1n) is 5.99. The van der Waals surface area contributed by atoms with Crippen LogP contribution in [-0.2, 0) is 4.79 Å². The zero-order chi connectivity index (χ0) is 14.4. The van der Waals surface area contributed by atoms with Crippen molar-refractivity contribution in [3.63, 3.8) is 0 Å². The molecule has 1 amide bonds. The Bertz CT molecular complexity index is 614. The van der Waals surface area contributed by atoms with Crippen molar-refractivity contribution in [3.05, 3.63) is 71.5 Å². The number of carbonyl (C=O) groups is 1. The van der Waals surface area contributed by atoms with Gasteiger partial charge in [-0.15, -0.1) is 0 Å². The van der Waals surface area contributed by atoms with Crippen molar-refractivity contribution in [2.45, 2.75) is 6.10 Å². The summed E-state index contributed by atoms with van der Waals surface area (Å²) in [5, 5.41) is 13.4. The Balaban J connectivity index is 1.97. The fraction of sp³-hybridized carbons (Fsp3) is 0.0667. The normalized spacial score (nSPS) is 12.3. The number of rotatable bonds is 4. The zero-order valence-corrected chi connectivity index (χ0v) is 10.5. The number of aliphatic hydroxyl groups excluding tert-OH is 1. The average Bonchev–Trinajstić information content (AvgIpc) is 2.49. The van der Waals surface area contributed by atoms with Crippen LogP contribution >= 0.6 is 0 Å². The van der Waals surface area contributed by atoms with E-state index in [0.29, 0.717) is 5.56 Å². The lowest BCUT2D eigenvalue weighted by Gasteiger charge is -2.08. The highest BCUT2D eigenvalue weighted by Gasteiger charge is 2.15. The van der Waals surface area contributed by atoms with E-state index < -0.39 is 17.8 Å². The van der Waals surface area contributed by atoms with Crippen molar-refractivity contribution < 1.29 is 14.3 Å². The van der Waals surface area contributed by atoms with Gasteiger partial charge in [0, 0.05) is 5.56 Å². The molecule has 20 heavy (non-hydrogen) atoms. The largest absolute Gasteiger partial charge is 0.378 e. The van der Waals surface area contributed by atoms with Crippen molar-refractivity contribution in [2.24, 2.45) is 5.10 Å². The monoisotopic (exact) mass is 272 g/mol. The van der Waals surface area contributed by atoms with Gasteiger partial charge in [0.2, 0.25) is 0 Å². The zero-order valence-electron chi connectivity index (χ0n) is 10.5. The molecular formula is C15H13FN2O2. The highest BCUT2D eigenvalue weighted by molar-refractivity contribution is 5.85. The van der Waals surface area contributed by atoms with E-state index in [9.17, 15) is 14.3 Å². The first-order valence-corrected chi connectivity index (χ1v) is 5.99. The van der Waals surface area contributed by atoms with Crippen LogP contribution in [0.3, 0.4) is 0 Å². The Kier molecular flexibility index (Phi) is 4.57. The van der Waals surface area contributed by atoms with Gasteiger partial charge in [0.25, 0.3) is 5.91 Å². The quantitative estimate of drug-likeness (QED) is 0.660. The molecule has 0 heterocycles. The van der Waals surface area contributed by atoms with Gasteiger partial charge in [-0.3, -0.25) is 4.79 Å². The second-order valence-corrected chi connectivity index (χ2v) is 4.07. The number of hydrogen-bond donors (Lipinski definition) is 2. The second kappa shape index (κ2) is 6.58. The Morgan fingerprint density at radius 3 is 2.50 bits per heavy atom. The maximum absolute atomic E-state index is 13.3. The third kappa shape index (κ3) is 3.49. The van der Waals surface area contributed by atoms with E-state index in [1.165, 1.54) is 18.3 Å². The number of hydrogen-bond acceptors (Lipinski definition) is 3. The van der Waals surface area contributed by atoms with Gasteiger partial charge in [0.05, 0.1) is 6.21 Å². The highest BCUT2D eigenvalue weighted by Crippen LogP contribution is 2.11. The predicted molar refractivity (Wildman–Crippen MR) is 73.5 cm³/mol. The number of amides is 1. The topological polar surface area (TPSA) is 61.7 Å². The van der Waals surface area contributed by atoms with Crippen molar-refractivity contribution in [2.75, 3.05) is 0 Å². The molecule has 2 aromatic rings. The Labute approximate surface area is 115 Å². The van der Waals surface area contributed by atoms with E-state index in [4.69, 9.17) is 0 Å². The van der Waals surface area contributed by atoms with Gasteiger partial charge >= 0.3 is 0 Å². The molecular weight excluding hydrogens is 259 g/mol. The number of carbonyl (C=O) groups excluding carboxylic acids is 1. The van der Waals surface area contributed by atoms with E-state index in [0.717, 1.165) is 0 Å². The molecule has 0 saturated carbocycles. The molecule has 0 saturated heterocycles. The van der Waals surface area contributed by atoms with Gasteiger partial charge in [-0.2, -0.15) is 5.10 Å². The molecule has 5 heteroatoms. The lowest BCUT2D eigenvalue weighted by atomic mass is 10.1. The van der Waals surface area contributed by atoms with Gasteiger partial charge in [0.15, 0.2) is 6.10 Å². The predicted octanol–water partition coefficient (Wildman–Crippen LogP) is 2.01. The van der Waals surface area contributed by atoms with Crippen molar-refractivity contribution in [1.29, 1.82) is 0 Å². The van der Waals surface area contributed by atoms with Gasteiger partial charge in [-0.25, -0.2) is 9.82 Å². The van der Waals surface area contributed by atoms with Crippen molar-refractivity contribution >= 4 is 12.1 Å². The molecule has 0 bridgehead atoms. The molecule has 0 spiro atoms. The van der Waals surface area contributed by atoms with Crippen LogP contribution < -0.4 is 5.43 Å². The smallest absolute Gasteiger partial charge is 0.273 e. The van der Waals surface area contributed by atoms with Gasteiger partial charge in [0.1, 0.15) is 5.82 Å². The minimum Gasteiger partial charge on any atom is -0.378 e. The van der Waals surface area contributed by atoms with Crippen LogP contribution in [0.25, 0.3) is 0 Å². The molecule has 102 valence electrons. The fourth-order valence-electron chi connectivity index (χ4n) is 1.59. The number of benzene rings is 2. The molecule has 2 aromatic carbocycles. The lowest BCUT2D eigenvalue weighted by Crippen LogP contribution is -2.25. The summed E-state index contributed by atoms with van der Waals surface area (Å²) in [6, 6.07) is 14.5. The molecule has 4 nitrogen and oxygen atoms in total. The molecule has 0 aliphatic heterocycles. The number of hydrazone groups is 1. The standard InChI is InChI=1S/C15H13FN2O2/c16-13-9-5-4-8-12(13)10-17-18-15(20)14(19)11-6-2-1-3-7-11/h1-10,14,19H,(H,18,20). The van der Waals surface area contributed by atoms with E-state index in [-0.39, 0.29) is 5.56 Å². The van der Waals surface area contributed by atoms with E-state index in [1.54, 1.807) is 42.5 Å². The van der Waals surface area contributed by atoms with Crippen LogP contribution in [-0.4, -0.2) is 17.2 Å². The summed E-state index contributed by atoms with van der Waals surface area (Å²) < 4.78 is 13.3. The number of nitrogens with zero attached hydrogens (tertiary/aromatic N) is 1. The molecule has 2 N–H and O–H groups in total. The first-order chi connectivity index (χ1) is 9.68. The van der Waals surface area contributed by atoms with Crippen LogP contribution in [0.2, 0.25) is 0 Å². The summed E-state index contributed by atoms with van der Waals surface area (Å²) in [5.41, 5.74) is 2.89. The highest BCUT2D eigenvalue weighted by atomic mass is 19.1. The number of halogens is 1. The van der Waals surface area contributed by atoms with Crippen LogP contribution in [0.15, 0.2) is 59.7 Å². The lowest BCUT2D eigenvalue weighted by molar-refractivity contribution is -0.129. The molecule has 1 atom stereocenters. The summed E-state index contributed by atoms with van der Waals surface area (Å²) in [5.74, 6) is -1.11. The minimum absolute atomic E-state index is 0.252. The molecule has 0 aliphatic rings. The fourth-order valence-corrected chi connectivity index (χ4v) is 1.59. The maximum Gasteiger partial charge on any atom is 0.273 e. The van der Waals surface area contributed by atoms with Crippen LogP contribution in [0.4, 0.5) is 4.39 Å². The summed E-state index contributed by atoms with van der Waals surface area (Å²) in [7, 11) is 0. The minimum atomic E-state index is -1.31. The molecule has 0 fully saturated rings. The van der Waals surface area contributed by atoms with Gasteiger partial charge in [-0.1, -0.05) is 48.5 Å². The summed E-state index contributed by atoms with van der Waals surface area (Å²) in [6.07, 6.45) is -0.126. The summed E-state index contributed by atoms with van der Waals surface area (Å²) in [4.78, 5) is 11.7. The van der Waals surface area contributed by atoms with Crippen molar-refractivity contribution in [3.8, 4) is 0 Å². The Morgan fingerprint density at radius 1 is 1.15 bits per heavy atom. The Morgan fingerprint density at radius 2 is 1.80 bits per heavy atom. The number of nitrogens with one attached hydrogen (secondary N) is 1. The van der Waals surface area contributed by atoms with Crippen molar-refractivity contribution in [1.82, 2.24) is 5.43 Å². The van der Waals surface area contributed by atoms with Gasteiger partial charge in [-0.05, 0) is 11.6 Å². The number of aliphatic hydroxyl groups is 1. The Hall–Kier alpha value is -2.53. The molecule has 0 aliphatic carbocycles. The summed E-state index contributed by atoms with van der Waals surface area (Å²) >= 11 is 0. The SMILES string of the molecule is O=C(NN=Cc1ccccc1F)C(O)c1ccccc1. The third-order valence-electron chi connectivity index (χ3n) is 2.65. The maximum atomic E-state index is 13.3. The van der Waals surface area contributed by atoms with E-state index in [2.05, 4.69) is 10.5 Å². The van der Waals surface area contributed by atoms with Crippen LogP contribution in [0.1, 0.15) is 17.2 Å². The van der Waals surface area contributed by atoms with E-state index >= 15 is 0 Å². The molecule has 0 radical (unpaired) electrons. The molecule has 2 rings (SSSR count). The van der Waals surface area contributed by atoms with Crippen LogP contribution in [0.5, 0.6) is 0 Å². The third-order valence-corrected chi connectivity index (χ3v) is 2.65. The molecule has 1 unspecified atom stereocenters. The summed E-state index contributed by atoms with van der Waals surface area (Å²) in [6.45, 7) is 0. The van der Waals surface area contributed by atoms with Crippen LogP contribution in [0, 0.1) is 5.82 Å². The average molecular weight is 272 g/mol.